The molecule has 3 rings (SSSR count). The van der Waals surface area contributed by atoms with Gasteiger partial charge in [0.15, 0.2) is 0 Å². The summed E-state index contributed by atoms with van der Waals surface area (Å²) in [5, 5.41) is 9.20. The van der Waals surface area contributed by atoms with Crippen LogP contribution in [0.4, 0.5) is 0 Å². The van der Waals surface area contributed by atoms with Crippen LogP contribution in [0, 0.1) is 11.3 Å². The molecule has 0 spiro atoms. The number of nitrogens with zero attached hydrogens (tertiary/aromatic N) is 3. The van der Waals surface area contributed by atoms with E-state index in [0.29, 0.717) is 5.56 Å². The van der Waals surface area contributed by atoms with E-state index in [1.807, 2.05) is 47.0 Å². The van der Waals surface area contributed by atoms with Gasteiger partial charge < -0.3 is 4.40 Å². The Hall–Kier alpha value is -2.60. The van der Waals surface area contributed by atoms with E-state index >= 15 is 0 Å². The zero-order chi connectivity index (χ0) is 11.7. The Kier molecular flexibility index (Phi) is 2.13. The predicted molar refractivity (Wildman–Crippen MR) is 65.3 cm³/mol. The normalized spacial score (nSPS) is 10.3. The predicted octanol–water partition coefficient (Wildman–Crippen LogP) is 2.87. The molecule has 0 saturated carbocycles. The van der Waals surface area contributed by atoms with Gasteiger partial charge in [-0.1, -0.05) is 6.07 Å². The molecular formula is C14H9N3. The fraction of sp³-hybridized carbons (Fsp3) is 0. The maximum atomic E-state index is 9.20. The lowest BCUT2D eigenvalue weighted by molar-refractivity contribution is 1.19. The Morgan fingerprint density at radius 3 is 2.71 bits per heavy atom. The molecule has 17 heavy (non-hydrogen) atoms. The lowest BCUT2D eigenvalue weighted by atomic mass is 10.1. The molecule has 0 N–H and O–H groups in total. The van der Waals surface area contributed by atoms with Crippen LogP contribution in [0.5, 0.6) is 0 Å². The quantitative estimate of drug-likeness (QED) is 0.631. The SMILES string of the molecule is N#Cc1cc2ccccn2c1-c1ccncc1. The second-order valence-electron chi connectivity index (χ2n) is 3.75. The molecule has 0 radical (unpaired) electrons. The van der Waals surface area contributed by atoms with E-state index in [1.54, 1.807) is 12.4 Å². The topological polar surface area (TPSA) is 41.1 Å². The molecule has 80 valence electrons. The Balaban J connectivity index is 2.39. The molecule has 3 aromatic heterocycles. The number of rotatable bonds is 1. The summed E-state index contributed by atoms with van der Waals surface area (Å²) in [4.78, 5) is 4.00. The minimum Gasteiger partial charge on any atom is -0.315 e. The average Bonchev–Trinajstić information content (AvgIpc) is 2.78. The van der Waals surface area contributed by atoms with Crippen molar-refractivity contribution in [3.63, 3.8) is 0 Å². The lowest BCUT2D eigenvalue weighted by Gasteiger charge is -2.02. The van der Waals surface area contributed by atoms with Gasteiger partial charge in [-0.3, -0.25) is 4.98 Å². The summed E-state index contributed by atoms with van der Waals surface area (Å²) < 4.78 is 2.02. The Labute approximate surface area is 98.6 Å². The van der Waals surface area contributed by atoms with Gasteiger partial charge >= 0.3 is 0 Å². The average molecular weight is 219 g/mol. The van der Waals surface area contributed by atoms with E-state index in [1.165, 1.54) is 0 Å². The van der Waals surface area contributed by atoms with Crippen molar-refractivity contribution < 1.29 is 0 Å². The third kappa shape index (κ3) is 1.47. The summed E-state index contributed by atoms with van der Waals surface area (Å²) in [6.07, 6.45) is 5.43. The van der Waals surface area contributed by atoms with Crippen molar-refractivity contribution in [2.24, 2.45) is 0 Å². The summed E-state index contributed by atoms with van der Waals surface area (Å²) >= 11 is 0. The van der Waals surface area contributed by atoms with Gasteiger partial charge in [-0.2, -0.15) is 5.26 Å². The molecule has 0 atom stereocenters. The molecule has 0 fully saturated rings. The van der Waals surface area contributed by atoms with Crippen LogP contribution in [-0.4, -0.2) is 9.38 Å². The second-order valence-corrected chi connectivity index (χ2v) is 3.75. The van der Waals surface area contributed by atoms with Crippen LogP contribution in [0.2, 0.25) is 0 Å². The van der Waals surface area contributed by atoms with Crippen LogP contribution in [0.3, 0.4) is 0 Å². The van der Waals surface area contributed by atoms with E-state index in [9.17, 15) is 5.26 Å². The second kappa shape index (κ2) is 3.76. The van der Waals surface area contributed by atoms with E-state index in [0.717, 1.165) is 16.8 Å². The van der Waals surface area contributed by atoms with Gasteiger partial charge in [-0.25, -0.2) is 0 Å². The summed E-state index contributed by atoms with van der Waals surface area (Å²) in [6.45, 7) is 0. The van der Waals surface area contributed by atoms with Crippen molar-refractivity contribution in [1.82, 2.24) is 9.38 Å². The number of pyridine rings is 2. The van der Waals surface area contributed by atoms with Crippen LogP contribution >= 0.6 is 0 Å². The molecule has 0 aromatic carbocycles. The highest BCUT2D eigenvalue weighted by atomic mass is 14.9. The standard InChI is InChI=1S/C14H9N3/c15-10-12-9-13-3-1-2-8-17(13)14(12)11-4-6-16-7-5-11/h1-9H. The monoisotopic (exact) mass is 219 g/mol. The molecule has 3 heterocycles. The van der Waals surface area contributed by atoms with Crippen molar-refractivity contribution >= 4 is 5.52 Å². The van der Waals surface area contributed by atoms with Gasteiger partial charge in [-0.15, -0.1) is 0 Å². The van der Waals surface area contributed by atoms with Gasteiger partial charge in [0.1, 0.15) is 6.07 Å². The van der Waals surface area contributed by atoms with Gasteiger partial charge in [0.25, 0.3) is 0 Å². The van der Waals surface area contributed by atoms with Crippen molar-refractivity contribution in [2.75, 3.05) is 0 Å². The summed E-state index contributed by atoms with van der Waals surface area (Å²) in [6, 6.07) is 13.9. The van der Waals surface area contributed by atoms with Crippen LogP contribution in [-0.2, 0) is 0 Å². The van der Waals surface area contributed by atoms with Gasteiger partial charge in [0, 0.05) is 29.7 Å². The molecule has 3 nitrogen and oxygen atoms in total. The minimum atomic E-state index is 0.683. The van der Waals surface area contributed by atoms with Gasteiger partial charge in [0.05, 0.1) is 11.3 Å². The minimum absolute atomic E-state index is 0.683. The van der Waals surface area contributed by atoms with Crippen LogP contribution in [0.1, 0.15) is 5.56 Å². The van der Waals surface area contributed by atoms with Crippen molar-refractivity contribution in [1.29, 1.82) is 5.26 Å². The first-order valence-electron chi connectivity index (χ1n) is 5.31. The molecule has 0 aliphatic carbocycles. The summed E-state index contributed by atoms with van der Waals surface area (Å²) in [5.74, 6) is 0. The summed E-state index contributed by atoms with van der Waals surface area (Å²) in [5.41, 5.74) is 3.63. The molecule has 0 saturated heterocycles. The first-order valence-corrected chi connectivity index (χ1v) is 5.31. The largest absolute Gasteiger partial charge is 0.315 e. The van der Waals surface area contributed by atoms with Crippen molar-refractivity contribution in [2.45, 2.75) is 0 Å². The molecule has 0 amide bonds. The van der Waals surface area contributed by atoms with Gasteiger partial charge in [0.2, 0.25) is 0 Å². The van der Waals surface area contributed by atoms with E-state index in [-0.39, 0.29) is 0 Å². The Morgan fingerprint density at radius 2 is 1.94 bits per heavy atom. The number of fused-ring (bicyclic) bond motifs is 1. The maximum absolute atomic E-state index is 9.20. The van der Waals surface area contributed by atoms with E-state index in [4.69, 9.17) is 0 Å². The van der Waals surface area contributed by atoms with Crippen LogP contribution in [0.25, 0.3) is 16.8 Å². The Morgan fingerprint density at radius 1 is 1.12 bits per heavy atom. The third-order valence-electron chi connectivity index (χ3n) is 2.75. The fourth-order valence-corrected chi connectivity index (χ4v) is 2.01. The number of hydrogen-bond donors (Lipinski definition) is 0. The Bertz CT molecular complexity index is 705. The third-order valence-corrected chi connectivity index (χ3v) is 2.75. The molecule has 0 aliphatic heterocycles. The number of hydrogen-bond acceptors (Lipinski definition) is 2. The molecule has 0 unspecified atom stereocenters. The van der Waals surface area contributed by atoms with Crippen molar-refractivity contribution in [3.05, 3.63) is 60.6 Å². The van der Waals surface area contributed by atoms with Crippen LogP contribution in [0.15, 0.2) is 55.0 Å². The summed E-state index contributed by atoms with van der Waals surface area (Å²) in [7, 11) is 0. The van der Waals surface area contributed by atoms with E-state index < -0.39 is 0 Å². The molecular weight excluding hydrogens is 210 g/mol. The molecule has 3 heteroatoms. The smallest absolute Gasteiger partial charge is 0.101 e. The first kappa shape index (κ1) is 9.61. The lowest BCUT2D eigenvalue weighted by Crippen LogP contribution is -1.88. The van der Waals surface area contributed by atoms with E-state index in [2.05, 4.69) is 11.1 Å². The zero-order valence-corrected chi connectivity index (χ0v) is 9.04. The van der Waals surface area contributed by atoms with Crippen LogP contribution < -0.4 is 0 Å². The zero-order valence-electron chi connectivity index (χ0n) is 9.04. The highest BCUT2D eigenvalue weighted by Crippen LogP contribution is 2.26. The molecule has 3 aromatic rings. The molecule has 0 bridgehead atoms. The maximum Gasteiger partial charge on any atom is 0.101 e. The number of aromatic nitrogens is 2. The highest BCUT2D eigenvalue weighted by Gasteiger charge is 2.10. The molecule has 0 aliphatic rings. The highest BCUT2D eigenvalue weighted by molar-refractivity contribution is 5.74. The first-order chi connectivity index (χ1) is 8.40. The van der Waals surface area contributed by atoms with Crippen molar-refractivity contribution in [3.8, 4) is 17.3 Å². The van der Waals surface area contributed by atoms with Gasteiger partial charge in [-0.05, 0) is 30.3 Å². The number of nitriles is 1. The fourth-order valence-electron chi connectivity index (χ4n) is 2.01.